The second-order valence-corrected chi connectivity index (χ2v) is 2.84. The van der Waals surface area contributed by atoms with Gasteiger partial charge in [-0.3, -0.25) is 0 Å². The van der Waals surface area contributed by atoms with Crippen LogP contribution in [0.2, 0.25) is 0 Å². The van der Waals surface area contributed by atoms with E-state index in [-0.39, 0.29) is 5.41 Å². The van der Waals surface area contributed by atoms with Gasteiger partial charge in [0.1, 0.15) is 0 Å². The molecule has 3 heteroatoms. The summed E-state index contributed by atoms with van der Waals surface area (Å²) in [5.41, 5.74) is 0.286. The van der Waals surface area contributed by atoms with Crippen molar-refractivity contribution < 1.29 is 4.74 Å². The van der Waals surface area contributed by atoms with Crippen LogP contribution in [0, 0.1) is 5.41 Å². The summed E-state index contributed by atoms with van der Waals surface area (Å²) in [7, 11) is 0. The molecule has 0 aliphatic carbocycles. The molecule has 1 fully saturated rings. The van der Waals surface area contributed by atoms with E-state index >= 15 is 0 Å². The minimum Gasteiger partial charge on any atom is -0.379 e. The van der Waals surface area contributed by atoms with Gasteiger partial charge in [0.05, 0.1) is 18.6 Å². The summed E-state index contributed by atoms with van der Waals surface area (Å²) in [6.07, 6.45) is 4.05. The third-order valence-electron chi connectivity index (χ3n) is 1.90. The minimum atomic E-state index is 0.286. The van der Waals surface area contributed by atoms with Crippen molar-refractivity contribution in [3.8, 4) is 0 Å². The lowest BCUT2D eigenvalue weighted by Crippen LogP contribution is -2.46. The summed E-state index contributed by atoms with van der Waals surface area (Å²) < 4.78 is 5.07. The molecular formula is C6H10N2O. The molecule has 2 aliphatic rings. The Morgan fingerprint density at radius 2 is 2.33 bits per heavy atom. The van der Waals surface area contributed by atoms with Gasteiger partial charge in [-0.2, -0.15) is 0 Å². The molecule has 2 aliphatic heterocycles. The molecular weight excluding hydrogens is 116 g/mol. The van der Waals surface area contributed by atoms with E-state index in [2.05, 4.69) is 6.08 Å². The van der Waals surface area contributed by atoms with Crippen LogP contribution in [-0.4, -0.2) is 24.8 Å². The first-order valence-electron chi connectivity index (χ1n) is 3.09. The van der Waals surface area contributed by atoms with Gasteiger partial charge < -0.3 is 9.75 Å². The standard InChI is InChI=1S/C6H10N2O/c7-8-2-1-6(3-8)4-9-5-6/h1-2H,3-5,7H2. The number of hydrogen-bond donors (Lipinski definition) is 1. The summed E-state index contributed by atoms with van der Waals surface area (Å²) in [5, 5.41) is 1.71. The predicted molar refractivity (Wildman–Crippen MR) is 33.3 cm³/mol. The fourth-order valence-corrected chi connectivity index (χ4v) is 1.27. The average Bonchev–Trinajstić information content (AvgIpc) is 2.09. The van der Waals surface area contributed by atoms with Crippen molar-refractivity contribution in [3.63, 3.8) is 0 Å². The van der Waals surface area contributed by atoms with Gasteiger partial charge >= 0.3 is 0 Å². The van der Waals surface area contributed by atoms with E-state index in [1.807, 2.05) is 6.20 Å². The molecule has 0 bridgehead atoms. The highest BCUT2D eigenvalue weighted by Crippen LogP contribution is 2.33. The molecule has 0 radical (unpaired) electrons. The summed E-state index contributed by atoms with van der Waals surface area (Å²) in [6.45, 7) is 2.61. The Kier molecular flexibility index (Phi) is 0.870. The van der Waals surface area contributed by atoms with E-state index in [0.717, 1.165) is 19.8 Å². The normalized spacial score (nSPS) is 29.2. The number of nitrogens with two attached hydrogens (primary N) is 1. The van der Waals surface area contributed by atoms with E-state index in [4.69, 9.17) is 10.6 Å². The molecule has 1 spiro atoms. The van der Waals surface area contributed by atoms with Crippen molar-refractivity contribution in [2.75, 3.05) is 19.8 Å². The quantitative estimate of drug-likeness (QED) is 0.453. The lowest BCUT2D eigenvalue weighted by Gasteiger charge is -2.36. The molecule has 0 aromatic heterocycles. The van der Waals surface area contributed by atoms with Crippen LogP contribution in [0.25, 0.3) is 0 Å². The van der Waals surface area contributed by atoms with Crippen molar-refractivity contribution in [3.05, 3.63) is 12.3 Å². The lowest BCUT2D eigenvalue weighted by molar-refractivity contribution is -0.0835. The Balaban J connectivity index is 2.09. The van der Waals surface area contributed by atoms with Crippen LogP contribution in [0.4, 0.5) is 0 Å². The van der Waals surface area contributed by atoms with Crippen LogP contribution in [0.3, 0.4) is 0 Å². The molecule has 0 amide bonds. The van der Waals surface area contributed by atoms with Gasteiger partial charge in [-0.25, -0.2) is 5.84 Å². The zero-order valence-electron chi connectivity index (χ0n) is 5.21. The van der Waals surface area contributed by atoms with E-state index < -0.39 is 0 Å². The molecule has 0 aromatic rings. The van der Waals surface area contributed by atoms with Crippen molar-refractivity contribution in [1.82, 2.24) is 5.01 Å². The fourth-order valence-electron chi connectivity index (χ4n) is 1.27. The minimum absolute atomic E-state index is 0.286. The second kappa shape index (κ2) is 1.49. The zero-order valence-corrected chi connectivity index (χ0v) is 5.21. The van der Waals surface area contributed by atoms with E-state index in [1.54, 1.807) is 5.01 Å². The number of hydrazine groups is 1. The Bertz CT molecular complexity index is 151. The largest absolute Gasteiger partial charge is 0.379 e. The van der Waals surface area contributed by atoms with Crippen LogP contribution >= 0.6 is 0 Å². The van der Waals surface area contributed by atoms with E-state index in [9.17, 15) is 0 Å². The van der Waals surface area contributed by atoms with Crippen molar-refractivity contribution in [1.29, 1.82) is 0 Å². The van der Waals surface area contributed by atoms with Crippen LogP contribution in [0.5, 0.6) is 0 Å². The van der Waals surface area contributed by atoms with Gasteiger partial charge in [-0.1, -0.05) is 6.08 Å². The Morgan fingerprint density at radius 3 is 2.56 bits per heavy atom. The lowest BCUT2D eigenvalue weighted by atomic mass is 9.88. The van der Waals surface area contributed by atoms with Gasteiger partial charge in [0, 0.05) is 12.7 Å². The first-order chi connectivity index (χ1) is 4.31. The number of nitrogens with zero attached hydrogens (tertiary/aromatic N) is 1. The van der Waals surface area contributed by atoms with Crippen LogP contribution < -0.4 is 5.84 Å². The van der Waals surface area contributed by atoms with E-state index in [0.29, 0.717) is 0 Å². The first-order valence-corrected chi connectivity index (χ1v) is 3.09. The Labute approximate surface area is 54.0 Å². The molecule has 3 nitrogen and oxygen atoms in total. The molecule has 50 valence electrons. The molecule has 2 rings (SSSR count). The maximum atomic E-state index is 5.51. The first kappa shape index (κ1) is 5.26. The van der Waals surface area contributed by atoms with Gasteiger partial charge in [-0.05, 0) is 0 Å². The summed E-state index contributed by atoms with van der Waals surface area (Å²) in [6, 6.07) is 0. The fraction of sp³-hybridized carbons (Fsp3) is 0.667. The van der Waals surface area contributed by atoms with Crippen LogP contribution in [0.1, 0.15) is 0 Å². The molecule has 2 N–H and O–H groups in total. The summed E-state index contributed by atoms with van der Waals surface area (Å²) in [4.78, 5) is 0. The highest BCUT2D eigenvalue weighted by atomic mass is 16.5. The topological polar surface area (TPSA) is 38.5 Å². The number of hydrogen-bond acceptors (Lipinski definition) is 3. The zero-order chi connectivity index (χ0) is 6.32. The molecule has 0 atom stereocenters. The Hall–Kier alpha value is -0.540. The van der Waals surface area contributed by atoms with Crippen molar-refractivity contribution >= 4 is 0 Å². The molecule has 2 heterocycles. The van der Waals surface area contributed by atoms with Gasteiger partial charge in [0.25, 0.3) is 0 Å². The molecule has 0 saturated carbocycles. The summed E-state index contributed by atoms with van der Waals surface area (Å²) >= 11 is 0. The monoisotopic (exact) mass is 126 g/mol. The molecule has 1 saturated heterocycles. The maximum Gasteiger partial charge on any atom is 0.0598 e. The van der Waals surface area contributed by atoms with E-state index in [1.165, 1.54) is 0 Å². The smallest absolute Gasteiger partial charge is 0.0598 e. The molecule has 0 aromatic carbocycles. The summed E-state index contributed by atoms with van der Waals surface area (Å²) in [5.74, 6) is 5.51. The van der Waals surface area contributed by atoms with Crippen LogP contribution in [-0.2, 0) is 4.74 Å². The molecule has 0 unspecified atom stereocenters. The number of ether oxygens (including phenoxy) is 1. The highest BCUT2D eigenvalue weighted by Gasteiger charge is 2.39. The van der Waals surface area contributed by atoms with Crippen LogP contribution in [0.15, 0.2) is 12.3 Å². The number of rotatable bonds is 0. The third-order valence-corrected chi connectivity index (χ3v) is 1.90. The predicted octanol–water partition coefficient (Wildman–Crippen LogP) is -0.294. The van der Waals surface area contributed by atoms with Gasteiger partial charge in [0.15, 0.2) is 0 Å². The Morgan fingerprint density at radius 1 is 1.56 bits per heavy atom. The van der Waals surface area contributed by atoms with Gasteiger partial charge in [-0.15, -0.1) is 0 Å². The van der Waals surface area contributed by atoms with Crippen molar-refractivity contribution in [2.24, 2.45) is 11.3 Å². The molecule has 9 heavy (non-hydrogen) atoms. The highest BCUT2D eigenvalue weighted by molar-refractivity contribution is 5.10. The second-order valence-electron chi connectivity index (χ2n) is 2.84. The van der Waals surface area contributed by atoms with Crippen molar-refractivity contribution in [2.45, 2.75) is 0 Å². The average molecular weight is 126 g/mol. The maximum absolute atomic E-state index is 5.51. The van der Waals surface area contributed by atoms with Gasteiger partial charge in [0.2, 0.25) is 0 Å². The third kappa shape index (κ3) is 0.653. The SMILES string of the molecule is NN1C=CC2(COC2)C1.